The molecule has 0 aliphatic heterocycles. The average Bonchev–Trinajstić information content (AvgIpc) is 3.65. The number of aryl methyl sites for hydroxylation is 1. The Kier molecular flexibility index (Phi) is 7.27. The average molecular weight is 546 g/mol. The van der Waals surface area contributed by atoms with Crippen molar-refractivity contribution in [3.05, 3.63) is 91.9 Å². The third-order valence-electron chi connectivity index (χ3n) is 7.32. The highest BCUT2D eigenvalue weighted by Crippen LogP contribution is 2.45. The summed E-state index contributed by atoms with van der Waals surface area (Å²) in [6, 6.07) is 11.9. The van der Waals surface area contributed by atoms with E-state index in [2.05, 4.69) is 26.1 Å². The maximum Gasteiger partial charge on any atom is 0.269 e. The van der Waals surface area contributed by atoms with Gasteiger partial charge in [0.2, 0.25) is 0 Å². The lowest BCUT2D eigenvalue weighted by atomic mass is 9.72. The number of hydrogen-bond donors (Lipinski definition) is 1. The van der Waals surface area contributed by atoms with Crippen molar-refractivity contribution in [2.45, 2.75) is 53.5 Å². The molecule has 3 heterocycles. The van der Waals surface area contributed by atoms with Crippen molar-refractivity contribution in [1.82, 2.24) is 5.32 Å². The van der Waals surface area contributed by atoms with Gasteiger partial charge in [0.15, 0.2) is 0 Å². The molecule has 1 amide bonds. The molecule has 39 heavy (non-hydrogen) atoms. The van der Waals surface area contributed by atoms with Gasteiger partial charge in [-0.2, -0.15) is 0 Å². The van der Waals surface area contributed by atoms with Crippen LogP contribution >= 0.6 is 11.3 Å². The van der Waals surface area contributed by atoms with Crippen LogP contribution in [-0.4, -0.2) is 17.0 Å². The SMILES string of the molecule is Cc1cc([N+](=O)[O-])ccc1-c1ccc(C=Nc2sc3c(c2C(=O)NCc2ccco2)CC[C@@H](C(C)(C)C)C3)o1. The summed E-state index contributed by atoms with van der Waals surface area (Å²) in [5, 5.41) is 14.7. The van der Waals surface area contributed by atoms with Crippen LogP contribution < -0.4 is 5.32 Å². The first-order chi connectivity index (χ1) is 18.6. The van der Waals surface area contributed by atoms with E-state index in [4.69, 9.17) is 13.8 Å². The van der Waals surface area contributed by atoms with Gasteiger partial charge < -0.3 is 14.2 Å². The normalized spacial score (nSPS) is 15.4. The van der Waals surface area contributed by atoms with Crippen LogP contribution in [0.2, 0.25) is 0 Å². The largest absolute Gasteiger partial charge is 0.467 e. The van der Waals surface area contributed by atoms with Gasteiger partial charge >= 0.3 is 0 Å². The Hall–Kier alpha value is -3.98. The summed E-state index contributed by atoms with van der Waals surface area (Å²) in [7, 11) is 0. The Morgan fingerprint density at radius 1 is 1.26 bits per heavy atom. The fraction of sp³-hybridized carbons (Fsp3) is 0.333. The Labute approximate surface area is 230 Å². The van der Waals surface area contributed by atoms with Gasteiger partial charge in [0.25, 0.3) is 11.6 Å². The number of thiophene rings is 1. The fourth-order valence-electron chi connectivity index (χ4n) is 5.03. The minimum atomic E-state index is -0.413. The Bertz CT molecular complexity index is 1540. The number of aliphatic imine (C=N–C) groups is 1. The van der Waals surface area contributed by atoms with E-state index >= 15 is 0 Å². The lowest BCUT2D eigenvalue weighted by Gasteiger charge is -2.33. The van der Waals surface area contributed by atoms with Gasteiger partial charge in [-0.05, 0) is 79.0 Å². The van der Waals surface area contributed by atoms with Crippen LogP contribution in [0.15, 0.2) is 62.6 Å². The minimum Gasteiger partial charge on any atom is -0.467 e. The molecule has 0 unspecified atom stereocenters. The monoisotopic (exact) mass is 545 g/mol. The summed E-state index contributed by atoms with van der Waals surface area (Å²) in [4.78, 5) is 30.0. The highest BCUT2D eigenvalue weighted by molar-refractivity contribution is 7.16. The molecule has 0 spiro atoms. The maximum atomic E-state index is 13.4. The van der Waals surface area contributed by atoms with Crippen LogP contribution in [0.5, 0.6) is 0 Å². The second kappa shape index (κ2) is 10.6. The van der Waals surface area contributed by atoms with Crippen molar-refractivity contribution < 1.29 is 18.6 Å². The highest BCUT2D eigenvalue weighted by Gasteiger charge is 2.33. The quantitative estimate of drug-likeness (QED) is 0.146. The second-order valence-corrected chi connectivity index (χ2v) is 12.1. The van der Waals surface area contributed by atoms with E-state index in [-0.39, 0.29) is 17.0 Å². The van der Waals surface area contributed by atoms with Crippen molar-refractivity contribution >= 4 is 34.1 Å². The molecule has 202 valence electrons. The molecule has 1 aliphatic carbocycles. The summed E-state index contributed by atoms with van der Waals surface area (Å²) in [5.41, 5.74) is 3.47. The van der Waals surface area contributed by atoms with E-state index in [0.29, 0.717) is 40.3 Å². The predicted molar refractivity (Wildman–Crippen MR) is 152 cm³/mol. The smallest absolute Gasteiger partial charge is 0.269 e. The van der Waals surface area contributed by atoms with Gasteiger partial charge in [-0.15, -0.1) is 11.3 Å². The summed E-state index contributed by atoms with van der Waals surface area (Å²) in [6.07, 6.45) is 6.03. The van der Waals surface area contributed by atoms with E-state index in [1.54, 1.807) is 42.0 Å². The van der Waals surface area contributed by atoms with Crippen LogP contribution in [0.1, 0.15) is 65.1 Å². The van der Waals surface area contributed by atoms with Gasteiger partial charge in [0, 0.05) is 22.6 Å². The van der Waals surface area contributed by atoms with Crippen LogP contribution in [-0.2, 0) is 19.4 Å². The number of fused-ring (bicyclic) bond motifs is 1. The molecule has 5 rings (SSSR count). The highest BCUT2D eigenvalue weighted by atomic mass is 32.1. The topological polar surface area (TPSA) is 111 Å². The molecule has 0 fully saturated rings. The molecule has 0 radical (unpaired) electrons. The number of rotatable bonds is 7. The third-order valence-corrected chi connectivity index (χ3v) is 8.49. The lowest BCUT2D eigenvalue weighted by Crippen LogP contribution is -2.28. The maximum absolute atomic E-state index is 13.4. The molecule has 0 saturated carbocycles. The van der Waals surface area contributed by atoms with Crippen LogP contribution in [0.4, 0.5) is 10.7 Å². The van der Waals surface area contributed by atoms with Gasteiger partial charge in [-0.25, -0.2) is 4.99 Å². The first kappa shape index (κ1) is 26.6. The third kappa shape index (κ3) is 5.73. The molecule has 8 nitrogen and oxygen atoms in total. The molecule has 1 N–H and O–H groups in total. The summed E-state index contributed by atoms with van der Waals surface area (Å²) >= 11 is 1.57. The number of amides is 1. The Morgan fingerprint density at radius 3 is 2.77 bits per heavy atom. The molecular weight excluding hydrogens is 514 g/mol. The van der Waals surface area contributed by atoms with Gasteiger partial charge in [-0.1, -0.05) is 20.8 Å². The molecule has 0 bridgehead atoms. The van der Waals surface area contributed by atoms with E-state index < -0.39 is 4.92 Å². The number of nitrogens with one attached hydrogen (secondary N) is 1. The molecule has 4 aromatic rings. The first-order valence-corrected chi connectivity index (χ1v) is 13.8. The molecule has 3 aromatic heterocycles. The van der Waals surface area contributed by atoms with Crippen LogP contribution in [0, 0.1) is 28.4 Å². The van der Waals surface area contributed by atoms with Crippen molar-refractivity contribution in [2.24, 2.45) is 16.3 Å². The minimum absolute atomic E-state index is 0.0396. The van der Waals surface area contributed by atoms with E-state index in [9.17, 15) is 14.9 Å². The molecule has 1 atom stereocenters. The number of nitro benzene ring substituents is 1. The van der Waals surface area contributed by atoms with Gasteiger partial charge in [0.05, 0.1) is 29.5 Å². The second-order valence-electron chi connectivity index (χ2n) is 11.0. The van der Waals surface area contributed by atoms with Crippen molar-refractivity contribution in [3.63, 3.8) is 0 Å². The molecular formula is C30H31N3O5S. The van der Waals surface area contributed by atoms with Crippen LogP contribution in [0.25, 0.3) is 11.3 Å². The van der Waals surface area contributed by atoms with Crippen LogP contribution in [0.3, 0.4) is 0 Å². The number of hydrogen-bond acceptors (Lipinski definition) is 7. The molecule has 1 aromatic carbocycles. The Balaban J connectivity index is 1.43. The zero-order chi connectivity index (χ0) is 27.7. The number of furan rings is 2. The molecule has 9 heteroatoms. The van der Waals surface area contributed by atoms with Gasteiger partial charge in [0.1, 0.15) is 22.3 Å². The Morgan fingerprint density at radius 2 is 2.08 bits per heavy atom. The number of nitro groups is 1. The van der Waals surface area contributed by atoms with Crippen molar-refractivity contribution in [1.29, 1.82) is 0 Å². The number of nitrogens with zero attached hydrogens (tertiary/aromatic N) is 2. The zero-order valence-electron chi connectivity index (χ0n) is 22.4. The molecule has 1 aliphatic rings. The van der Waals surface area contributed by atoms with Crippen molar-refractivity contribution in [3.8, 4) is 11.3 Å². The molecule has 0 saturated heterocycles. The van der Waals surface area contributed by atoms with E-state index in [0.717, 1.165) is 36.0 Å². The number of non-ortho nitro benzene ring substituents is 1. The number of carbonyl (C=O) groups is 1. The standard InChI is InChI=1S/C30H31N3O5S/c1-18-14-20(33(35)36)8-11-23(18)25-12-9-22(38-25)17-32-29-27(28(34)31-16-21-6-5-13-37-21)24-10-7-19(30(2,3)4)15-26(24)39-29/h5-6,8-9,11-14,17,19H,7,10,15-16H2,1-4H3,(H,31,34)/t19-/m1/s1. The predicted octanol–water partition coefficient (Wildman–Crippen LogP) is 7.65. The lowest BCUT2D eigenvalue weighted by molar-refractivity contribution is -0.384. The summed E-state index contributed by atoms with van der Waals surface area (Å²) in [6.45, 7) is 8.93. The summed E-state index contributed by atoms with van der Waals surface area (Å²) in [5.74, 6) is 2.20. The van der Waals surface area contributed by atoms with E-state index in [1.807, 2.05) is 19.1 Å². The number of benzene rings is 1. The fourth-order valence-corrected chi connectivity index (χ4v) is 6.30. The first-order valence-electron chi connectivity index (χ1n) is 12.9. The summed E-state index contributed by atoms with van der Waals surface area (Å²) < 4.78 is 11.4. The number of carbonyl (C=O) groups excluding carboxylic acids is 1. The van der Waals surface area contributed by atoms with Crippen molar-refractivity contribution in [2.75, 3.05) is 0 Å². The van der Waals surface area contributed by atoms with Gasteiger partial charge in [-0.3, -0.25) is 14.9 Å². The zero-order valence-corrected chi connectivity index (χ0v) is 23.3. The van der Waals surface area contributed by atoms with E-state index in [1.165, 1.54) is 17.0 Å².